The number of methoxy groups -OCH3 is 1. The second-order valence-corrected chi connectivity index (χ2v) is 4.08. The van der Waals surface area contributed by atoms with E-state index in [-0.39, 0.29) is 18.9 Å². The minimum absolute atomic E-state index is 0.0594. The Morgan fingerprint density at radius 1 is 1.37 bits per heavy atom. The summed E-state index contributed by atoms with van der Waals surface area (Å²) in [5, 5.41) is 17.6. The zero-order chi connectivity index (χ0) is 14.1. The second kappa shape index (κ2) is 8.25. The molecule has 0 saturated carbocycles. The SMILES string of the molecule is COCCN(CCO)C(=O)Cc1ccc(C#N)cc1. The lowest BCUT2D eigenvalue weighted by atomic mass is 10.1. The number of benzene rings is 1. The average molecular weight is 262 g/mol. The highest BCUT2D eigenvalue weighted by atomic mass is 16.5. The molecule has 0 fully saturated rings. The molecule has 0 unspecified atom stereocenters. The molecule has 5 heteroatoms. The van der Waals surface area contributed by atoms with Crippen LogP contribution in [0.4, 0.5) is 0 Å². The molecule has 0 spiro atoms. The van der Waals surface area contributed by atoms with Crippen LogP contribution in [-0.4, -0.2) is 49.3 Å². The number of hydrogen-bond acceptors (Lipinski definition) is 4. The summed E-state index contributed by atoms with van der Waals surface area (Å²) in [5.74, 6) is -0.0594. The number of amides is 1. The fourth-order valence-corrected chi connectivity index (χ4v) is 1.67. The Morgan fingerprint density at radius 3 is 2.58 bits per heavy atom. The Labute approximate surface area is 113 Å². The van der Waals surface area contributed by atoms with Gasteiger partial charge < -0.3 is 14.7 Å². The van der Waals surface area contributed by atoms with Crippen LogP contribution in [0, 0.1) is 11.3 Å². The van der Waals surface area contributed by atoms with E-state index >= 15 is 0 Å². The van der Waals surface area contributed by atoms with Gasteiger partial charge in [-0.15, -0.1) is 0 Å². The molecule has 1 amide bonds. The molecule has 102 valence electrons. The van der Waals surface area contributed by atoms with Crippen LogP contribution in [0.2, 0.25) is 0 Å². The normalized spacial score (nSPS) is 9.95. The van der Waals surface area contributed by atoms with Crippen molar-refractivity contribution in [1.82, 2.24) is 4.90 Å². The molecule has 0 aromatic heterocycles. The number of ether oxygens (including phenoxy) is 1. The van der Waals surface area contributed by atoms with Gasteiger partial charge in [-0.2, -0.15) is 5.26 Å². The van der Waals surface area contributed by atoms with Crippen LogP contribution in [0.5, 0.6) is 0 Å². The van der Waals surface area contributed by atoms with Gasteiger partial charge in [-0.25, -0.2) is 0 Å². The lowest BCUT2D eigenvalue weighted by molar-refractivity contribution is -0.131. The van der Waals surface area contributed by atoms with Crippen LogP contribution in [0.1, 0.15) is 11.1 Å². The maximum Gasteiger partial charge on any atom is 0.227 e. The van der Waals surface area contributed by atoms with Gasteiger partial charge >= 0.3 is 0 Å². The number of carbonyl (C=O) groups excluding carboxylic acids is 1. The van der Waals surface area contributed by atoms with Crippen LogP contribution >= 0.6 is 0 Å². The van der Waals surface area contributed by atoms with Crippen molar-refractivity contribution in [3.63, 3.8) is 0 Å². The van der Waals surface area contributed by atoms with Crippen molar-refractivity contribution >= 4 is 5.91 Å². The minimum Gasteiger partial charge on any atom is -0.395 e. The summed E-state index contributed by atoms with van der Waals surface area (Å²) in [6.07, 6.45) is 0.259. The first-order chi connectivity index (χ1) is 9.21. The van der Waals surface area contributed by atoms with E-state index in [9.17, 15) is 4.79 Å². The first-order valence-electron chi connectivity index (χ1n) is 6.08. The molecule has 0 atom stereocenters. The molecule has 0 aliphatic rings. The van der Waals surface area contributed by atoms with Crippen LogP contribution in [0.15, 0.2) is 24.3 Å². The van der Waals surface area contributed by atoms with E-state index in [4.69, 9.17) is 15.1 Å². The Bertz CT molecular complexity index is 437. The van der Waals surface area contributed by atoms with E-state index in [1.807, 2.05) is 6.07 Å². The lowest BCUT2D eigenvalue weighted by Gasteiger charge is -2.21. The molecule has 1 aromatic carbocycles. The maximum atomic E-state index is 12.1. The molecule has 0 aliphatic heterocycles. The standard InChI is InChI=1S/C14H18N2O3/c1-19-9-7-16(6-8-17)14(18)10-12-2-4-13(11-15)5-3-12/h2-5,17H,6-10H2,1H3. The number of rotatable bonds is 7. The number of aliphatic hydroxyl groups excluding tert-OH is 1. The molecule has 0 bridgehead atoms. The number of aliphatic hydroxyl groups is 1. The Hall–Kier alpha value is -1.90. The van der Waals surface area contributed by atoms with Crippen molar-refractivity contribution in [2.24, 2.45) is 0 Å². The zero-order valence-corrected chi connectivity index (χ0v) is 11.0. The highest BCUT2D eigenvalue weighted by molar-refractivity contribution is 5.78. The predicted molar refractivity (Wildman–Crippen MR) is 70.4 cm³/mol. The maximum absolute atomic E-state index is 12.1. The summed E-state index contributed by atoms with van der Waals surface area (Å²) in [4.78, 5) is 13.6. The largest absolute Gasteiger partial charge is 0.395 e. The Balaban J connectivity index is 2.61. The highest BCUT2D eigenvalue weighted by Gasteiger charge is 2.13. The van der Waals surface area contributed by atoms with Gasteiger partial charge in [0.25, 0.3) is 0 Å². The van der Waals surface area contributed by atoms with E-state index in [2.05, 4.69) is 0 Å². The van der Waals surface area contributed by atoms with Crippen molar-refractivity contribution in [3.05, 3.63) is 35.4 Å². The fraction of sp³-hybridized carbons (Fsp3) is 0.429. The van der Waals surface area contributed by atoms with E-state index in [1.165, 1.54) is 0 Å². The molecule has 5 nitrogen and oxygen atoms in total. The molecule has 0 heterocycles. The lowest BCUT2D eigenvalue weighted by Crippen LogP contribution is -2.37. The minimum atomic E-state index is -0.0666. The summed E-state index contributed by atoms with van der Waals surface area (Å²) in [7, 11) is 1.57. The summed E-state index contributed by atoms with van der Waals surface area (Å²) in [6, 6.07) is 8.95. The average Bonchev–Trinajstić information content (AvgIpc) is 2.44. The summed E-state index contributed by atoms with van der Waals surface area (Å²) >= 11 is 0. The third-order valence-electron chi connectivity index (χ3n) is 2.73. The molecule has 19 heavy (non-hydrogen) atoms. The molecular formula is C14H18N2O3. The first-order valence-corrected chi connectivity index (χ1v) is 6.08. The van der Waals surface area contributed by atoms with Crippen LogP contribution in [0.3, 0.4) is 0 Å². The van der Waals surface area contributed by atoms with E-state index < -0.39 is 0 Å². The quantitative estimate of drug-likeness (QED) is 0.779. The van der Waals surface area contributed by atoms with Gasteiger partial charge in [0.1, 0.15) is 0 Å². The van der Waals surface area contributed by atoms with Crippen LogP contribution in [-0.2, 0) is 16.0 Å². The molecule has 1 rings (SSSR count). The zero-order valence-electron chi connectivity index (χ0n) is 11.0. The van der Waals surface area contributed by atoms with E-state index in [1.54, 1.807) is 36.3 Å². The van der Waals surface area contributed by atoms with E-state index in [0.717, 1.165) is 5.56 Å². The van der Waals surface area contributed by atoms with Crippen molar-refractivity contribution in [2.45, 2.75) is 6.42 Å². The Kier molecular flexibility index (Phi) is 6.58. The third-order valence-corrected chi connectivity index (χ3v) is 2.73. The summed E-state index contributed by atoms with van der Waals surface area (Å²) in [5.41, 5.74) is 1.42. The summed E-state index contributed by atoms with van der Waals surface area (Å²) < 4.78 is 4.94. The highest BCUT2D eigenvalue weighted by Crippen LogP contribution is 2.06. The fourth-order valence-electron chi connectivity index (χ4n) is 1.67. The number of nitriles is 1. The molecular weight excluding hydrogens is 244 g/mol. The van der Waals surface area contributed by atoms with Crippen molar-refractivity contribution in [1.29, 1.82) is 5.26 Å². The van der Waals surface area contributed by atoms with Gasteiger partial charge in [0, 0.05) is 20.2 Å². The molecule has 0 saturated heterocycles. The third kappa shape index (κ3) is 5.08. The molecule has 0 aliphatic carbocycles. The predicted octanol–water partition coefficient (Wildman–Crippen LogP) is 0.568. The van der Waals surface area contributed by atoms with Gasteiger partial charge in [0.2, 0.25) is 5.91 Å². The molecule has 1 N–H and O–H groups in total. The van der Waals surface area contributed by atoms with Crippen LogP contribution in [0.25, 0.3) is 0 Å². The number of hydrogen-bond donors (Lipinski definition) is 1. The van der Waals surface area contributed by atoms with Crippen molar-refractivity contribution in [3.8, 4) is 6.07 Å². The topological polar surface area (TPSA) is 73.6 Å². The molecule has 0 radical (unpaired) electrons. The summed E-state index contributed by atoms with van der Waals surface area (Å²) in [6.45, 7) is 1.15. The Morgan fingerprint density at radius 2 is 2.05 bits per heavy atom. The van der Waals surface area contributed by atoms with Crippen molar-refractivity contribution in [2.75, 3.05) is 33.4 Å². The molecule has 1 aromatic rings. The van der Waals surface area contributed by atoms with Gasteiger partial charge in [0.05, 0.1) is 31.3 Å². The van der Waals surface area contributed by atoms with E-state index in [0.29, 0.717) is 25.3 Å². The number of nitrogens with zero attached hydrogens (tertiary/aromatic N) is 2. The van der Waals surface area contributed by atoms with Gasteiger partial charge in [0.15, 0.2) is 0 Å². The number of carbonyl (C=O) groups is 1. The monoisotopic (exact) mass is 262 g/mol. The van der Waals surface area contributed by atoms with Gasteiger partial charge in [-0.05, 0) is 17.7 Å². The second-order valence-electron chi connectivity index (χ2n) is 4.08. The van der Waals surface area contributed by atoms with Crippen molar-refractivity contribution < 1.29 is 14.6 Å². The first kappa shape index (κ1) is 15.2. The smallest absolute Gasteiger partial charge is 0.227 e. The van der Waals surface area contributed by atoms with Gasteiger partial charge in [-0.1, -0.05) is 12.1 Å². The van der Waals surface area contributed by atoms with Gasteiger partial charge in [-0.3, -0.25) is 4.79 Å². The van der Waals surface area contributed by atoms with Crippen LogP contribution < -0.4 is 0 Å².